The molecule has 1 unspecified atom stereocenters. The van der Waals surface area contributed by atoms with Gasteiger partial charge in [-0.1, -0.05) is 181 Å². The third-order valence-corrected chi connectivity index (χ3v) is 8.55. The first-order valence-electron chi connectivity index (χ1n) is 18.5. The first-order chi connectivity index (χ1) is 19.7. The Morgan fingerprint density at radius 3 is 1.32 bits per heavy atom. The van der Waals surface area contributed by atoms with E-state index in [4.69, 9.17) is 4.74 Å². The number of esters is 1. The van der Waals surface area contributed by atoms with E-state index in [1.807, 2.05) is 0 Å². The molecule has 0 heterocycles. The van der Waals surface area contributed by atoms with Crippen LogP contribution in [0.5, 0.6) is 0 Å². The van der Waals surface area contributed by atoms with Crippen LogP contribution in [0.2, 0.25) is 0 Å². The SMILES string of the molecule is CCCC/C=C\CCCCCCCC(=O)OCC(CCCCCCCCCC)CCCCCCCCCCCC. The number of rotatable bonds is 33. The minimum absolute atomic E-state index is 0.0443. The summed E-state index contributed by atoms with van der Waals surface area (Å²) >= 11 is 0. The molecule has 0 N–H and O–H groups in total. The Hall–Kier alpha value is -0.790. The molecule has 0 radical (unpaired) electrons. The first-order valence-corrected chi connectivity index (χ1v) is 18.5. The first kappa shape index (κ1) is 39.2. The highest BCUT2D eigenvalue weighted by molar-refractivity contribution is 5.69. The molecule has 0 saturated heterocycles. The molecular weight excluding hydrogens is 488 g/mol. The van der Waals surface area contributed by atoms with E-state index in [2.05, 4.69) is 32.9 Å². The monoisotopic (exact) mass is 563 g/mol. The average Bonchev–Trinajstić information content (AvgIpc) is 2.96. The lowest BCUT2D eigenvalue weighted by atomic mass is 9.94. The zero-order valence-corrected chi connectivity index (χ0v) is 28.0. The molecule has 0 rings (SSSR count). The van der Waals surface area contributed by atoms with Crippen LogP contribution in [0.1, 0.15) is 213 Å². The Bertz CT molecular complexity index is 512. The van der Waals surface area contributed by atoms with E-state index in [1.54, 1.807) is 0 Å². The van der Waals surface area contributed by atoms with Gasteiger partial charge in [-0.15, -0.1) is 0 Å². The molecule has 0 amide bonds. The molecule has 0 aliphatic carbocycles. The van der Waals surface area contributed by atoms with Crippen molar-refractivity contribution >= 4 is 5.97 Å². The number of ether oxygens (including phenoxy) is 1. The fourth-order valence-corrected chi connectivity index (χ4v) is 5.70. The van der Waals surface area contributed by atoms with Crippen LogP contribution in [-0.4, -0.2) is 12.6 Å². The molecular formula is C38H74O2. The second-order valence-corrected chi connectivity index (χ2v) is 12.7. The summed E-state index contributed by atoms with van der Waals surface area (Å²) in [5.74, 6) is 0.617. The smallest absolute Gasteiger partial charge is 0.305 e. The molecule has 0 bridgehead atoms. The summed E-state index contributed by atoms with van der Waals surface area (Å²) in [6.07, 6.45) is 43.7. The molecule has 0 saturated carbocycles. The summed E-state index contributed by atoms with van der Waals surface area (Å²) in [7, 11) is 0. The Kier molecular flexibility index (Phi) is 33.7. The summed E-state index contributed by atoms with van der Waals surface area (Å²) in [5, 5.41) is 0. The second-order valence-electron chi connectivity index (χ2n) is 12.7. The maximum Gasteiger partial charge on any atom is 0.305 e. The van der Waals surface area contributed by atoms with E-state index in [1.165, 1.54) is 173 Å². The highest BCUT2D eigenvalue weighted by Crippen LogP contribution is 2.21. The minimum Gasteiger partial charge on any atom is -0.465 e. The maximum atomic E-state index is 12.4. The minimum atomic E-state index is 0.0443. The molecule has 40 heavy (non-hydrogen) atoms. The number of hydrogen-bond donors (Lipinski definition) is 0. The lowest BCUT2D eigenvalue weighted by molar-refractivity contribution is -0.145. The molecule has 0 fully saturated rings. The van der Waals surface area contributed by atoms with E-state index in [0.29, 0.717) is 18.9 Å². The zero-order valence-electron chi connectivity index (χ0n) is 28.0. The maximum absolute atomic E-state index is 12.4. The van der Waals surface area contributed by atoms with Crippen LogP contribution < -0.4 is 0 Å². The van der Waals surface area contributed by atoms with E-state index >= 15 is 0 Å². The number of allylic oxidation sites excluding steroid dienone is 2. The van der Waals surface area contributed by atoms with Gasteiger partial charge in [0, 0.05) is 6.42 Å². The van der Waals surface area contributed by atoms with Gasteiger partial charge in [0.15, 0.2) is 0 Å². The van der Waals surface area contributed by atoms with E-state index in [9.17, 15) is 4.79 Å². The second kappa shape index (κ2) is 34.4. The lowest BCUT2D eigenvalue weighted by Crippen LogP contribution is -2.14. The summed E-state index contributed by atoms with van der Waals surface area (Å²) in [4.78, 5) is 12.4. The molecule has 0 aromatic rings. The zero-order chi connectivity index (χ0) is 29.2. The van der Waals surface area contributed by atoms with Crippen LogP contribution in [-0.2, 0) is 9.53 Å². The van der Waals surface area contributed by atoms with Gasteiger partial charge in [0.2, 0.25) is 0 Å². The van der Waals surface area contributed by atoms with Crippen molar-refractivity contribution in [1.29, 1.82) is 0 Å². The number of hydrogen-bond acceptors (Lipinski definition) is 2. The summed E-state index contributed by atoms with van der Waals surface area (Å²) in [6.45, 7) is 7.49. The fourth-order valence-electron chi connectivity index (χ4n) is 5.70. The molecule has 2 heteroatoms. The van der Waals surface area contributed by atoms with Gasteiger partial charge in [0.25, 0.3) is 0 Å². The van der Waals surface area contributed by atoms with Crippen LogP contribution in [0.3, 0.4) is 0 Å². The highest BCUT2D eigenvalue weighted by atomic mass is 16.5. The van der Waals surface area contributed by atoms with Crippen molar-refractivity contribution < 1.29 is 9.53 Å². The number of carbonyl (C=O) groups excluding carboxylic acids is 1. The number of carbonyl (C=O) groups is 1. The van der Waals surface area contributed by atoms with Gasteiger partial charge in [-0.25, -0.2) is 0 Å². The third kappa shape index (κ3) is 31.7. The van der Waals surface area contributed by atoms with Crippen molar-refractivity contribution in [2.45, 2.75) is 213 Å². The van der Waals surface area contributed by atoms with Gasteiger partial charge in [0.1, 0.15) is 0 Å². The van der Waals surface area contributed by atoms with Gasteiger partial charge in [-0.2, -0.15) is 0 Å². The van der Waals surface area contributed by atoms with Crippen molar-refractivity contribution in [3.8, 4) is 0 Å². The van der Waals surface area contributed by atoms with Crippen molar-refractivity contribution in [3.05, 3.63) is 12.2 Å². The lowest BCUT2D eigenvalue weighted by Gasteiger charge is -2.17. The average molecular weight is 563 g/mol. The molecule has 1 atom stereocenters. The normalized spacial score (nSPS) is 12.4. The van der Waals surface area contributed by atoms with E-state index in [0.717, 1.165) is 12.8 Å². The predicted molar refractivity (Wildman–Crippen MR) is 179 cm³/mol. The third-order valence-electron chi connectivity index (χ3n) is 8.55. The van der Waals surface area contributed by atoms with E-state index < -0.39 is 0 Å². The Balaban J connectivity index is 4.01. The standard InChI is InChI=1S/C38H74O2/c1-4-7-10-13-16-19-21-23-26-29-32-35-38(39)40-36-37(33-30-27-24-18-15-12-9-6-3)34-31-28-25-22-20-17-14-11-8-5-2/h13,16,37H,4-12,14-15,17-36H2,1-3H3/b16-13-. The van der Waals surface area contributed by atoms with Gasteiger partial charge < -0.3 is 4.74 Å². The van der Waals surface area contributed by atoms with Gasteiger partial charge in [-0.05, 0) is 44.4 Å². The van der Waals surface area contributed by atoms with Crippen LogP contribution >= 0.6 is 0 Å². The van der Waals surface area contributed by atoms with Crippen LogP contribution in [0.15, 0.2) is 12.2 Å². The molecule has 0 aliphatic rings. The number of unbranched alkanes of at least 4 members (excludes halogenated alkanes) is 23. The van der Waals surface area contributed by atoms with Gasteiger partial charge in [-0.3, -0.25) is 4.79 Å². The van der Waals surface area contributed by atoms with Crippen molar-refractivity contribution in [3.63, 3.8) is 0 Å². The molecule has 0 aliphatic heterocycles. The van der Waals surface area contributed by atoms with Crippen LogP contribution in [0.25, 0.3) is 0 Å². The Labute approximate surface area is 253 Å². The van der Waals surface area contributed by atoms with Gasteiger partial charge in [0.05, 0.1) is 6.61 Å². The Morgan fingerprint density at radius 1 is 0.475 bits per heavy atom. The highest BCUT2D eigenvalue weighted by Gasteiger charge is 2.12. The van der Waals surface area contributed by atoms with Gasteiger partial charge >= 0.3 is 5.97 Å². The predicted octanol–water partition coefficient (Wildman–Crippen LogP) is 13.5. The van der Waals surface area contributed by atoms with E-state index in [-0.39, 0.29) is 5.97 Å². The molecule has 2 nitrogen and oxygen atoms in total. The molecule has 0 aromatic carbocycles. The topological polar surface area (TPSA) is 26.3 Å². The van der Waals surface area contributed by atoms with Crippen LogP contribution in [0, 0.1) is 5.92 Å². The summed E-state index contributed by atoms with van der Waals surface area (Å²) in [6, 6.07) is 0. The van der Waals surface area contributed by atoms with Crippen molar-refractivity contribution in [1.82, 2.24) is 0 Å². The Morgan fingerprint density at radius 2 is 0.850 bits per heavy atom. The van der Waals surface area contributed by atoms with Crippen LogP contribution in [0.4, 0.5) is 0 Å². The molecule has 238 valence electrons. The van der Waals surface area contributed by atoms with Crippen molar-refractivity contribution in [2.75, 3.05) is 6.61 Å². The fraction of sp³-hybridized carbons (Fsp3) is 0.921. The summed E-state index contributed by atoms with van der Waals surface area (Å²) in [5.41, 5.74) is 0. The molecule has 0 spiro atoms. The largest absolute Gasteiger partial charge is 0.465 e. The molecule has 0 aromatic heterocycles. The quantitative estimate of drug-likeness (QED) is 0.0451. The summed E-state index contributed by atoms with van der Waals surface area (Å²) < 4.78 is 5.81. The van der Waals surface area contributed by atoms with Crippen molar-refractivity contribution in [2.24, 2.45) is 5.92 Å².